The van der Waals surface area contributed by atoms with E-state index in [9.17, 15) is 4.79 Å². The Morgan fingerprint density at radius 2 is 2.17 bits per heavy atom. The Kier molecular flexibility index (Phi) is 6.70. The molecular weight excluding hydrogens is 310 g/mol. The number of anilines is 1. The summed E-state index contributed by atoms with van der Waals surface area (Å²) in [5.41, 5.74) is 0. The largest absolute Gasteiger partial charge is 0.363 e. The van der Waals surface area contributed by atoms with Crippen molar-refractivity contribution in [2.45, 2.75) is 25.3 Å². The quantitative estimate of drug-likeness (QED) is 0.629. The van der Waals surface area contributed by atoms with Gasteiger partial charge in [0, 0.05) is 53.2 Å². The molecule has 0 unspecified atom stereocenters. The average Bonchev–Trinajstić information content (AvgIpc) is 3.08. The summed E-state index contributed by atoms with van der Waals surface area (Å²) in [6.07, 6.45) is 2.66. The predicted octanol–water partition coefficient (Wildman–Crippen LogP) is 1.36. The molecule has 1 aromatic heterocycles. The number of carbonyl (C=O) groups is 1. The van der Waals surface area contributed by atoms with Crippen LogP contribution in [0, 0.1) is 0 Å². The molecule has 128 valence electrons. The Morgan fingerprint density at radius 3 is 2.74 bits per heavy atom. The molecule has 0 atom stereocenters. The highest BCUT2D eigenvalue weighted by molar-refractivity contribution is 7.14. The van der Waals surface area contributed by atoms with Crippen molar-refractivity contribution >= 4 is 28.2 Å². The third-order valence-electron chi connectivity index (χ3n) is 4.01. The van der Waals surface area contributed by atoms with Crippen molar-refractivity contribution in [1.29, 1.82) is 0 Å². The van der Waals surface area contributed by atoms with Crippen molar-refractivity contribution in [3.63, 3.8) is 0 Å². The zero-order valence-electron chi connectivity index (χ0n) is 14.2. The second kappa shape index (κ2) is 8.76. The molecular formula is C16H27N5OS. The number of guanidine groups is 1. The molecule has 6 nitrogen and oxygen atoms in total. The standard InChI is InChI=1S/C16H27N5OS/c1-17-16(18-9-6-14(22)20(2)3)19-13-7-10-21(11-8-13)15-5-4-12-23-15/h4-5,12-13H,6-11H2,1-3H3,(H2,17,18,19). The van der Waals surface area contributed by atoms with E-state index >= 15 is 0 Å². The number of rotatable bonds is 5. The second-order valence-electron chi connectivity index (χ2n) is 5.89. The van der Waals surface area contributed by atoms with E-state index in [1.807, 2.05) is 0 Å². The molecule has 0 spiro atoms. The van der Waals surface area contributed by atoms with Crippen LogP contribution in [0.4, 0.5) is 5.00 Å². The van der Waals surface area contributed by atoms with E-state index in [2.05, 4.69) is 38.0 Å². The van der Waals surface area contributed by atoms with Gasteiger partial charge in [-0.15, -0.1) is 11.3 Å². The summed E-state index contributed by atoms with van der Waals surface area (Å²) >= 11 is 1.80. The molecule has 2 heterocycles. The molecule has 1 aliphatic heterocycles. The second-order valence-corrected chi connectivity index (χ2v) is 6.82. The van der Waals surface area contributed by atoms with Crippen LogP contribution in [0.15, 0.2) is 22.5 Å². The maximum absolute atomic E-state index is 11.6. The molecule has 0 aliphatic carbocycles. The van der Waals surface area contributed by atoms with Crippen molar-refractivity contribution in [1.82, 2.24) is 15.5 Å². The lowest BCUT2D eigenvalue weighted by atomic mass is 10.1. The van der Waals surface area contributed by atoms with Crippen molar-refractivity contribution < 1.29 is 4.79 Å². The average molecular weight is 337 g/mol. The predicted molar refractivity (Wildman–Crippen MR) is 97.4 cm³/mol. The third kappa shape index (κ3) is 5.42. The lowest BCUT2D eigenvalue weighted by Crippen LogP contribution is -2.49. The van der Waals surface area contributed by atoms with Crippen molar-refractivity contribution in [2.75, 3.05) is 45.7 Å². The first kappa shape index (κ1) is 17.6. The maximum Gasteiger partial charge on any atom is 0.223 e. The van der Waals surface area contributed by atoms with Crippen LogP contribution < -0.4 is 15.5 Å². The summed E-state index contributed by atoms with van der Waals surface area (Å²) in [5.74, 6) is 0.906. The van der Waals surface area contributed by atoms with Gasteiger partial charge in [-0.25, -0.2) is 0 Å². The number of amides is 1. The first-order chi connectivity index (χ1) is 11.1. The van der Waals surface area contributed by atoms with E-state index in [1.165, 1.54) is 5.00 Å². The van der Waals surface area contributed by atoms with E-state index in [0.29, 0.717) is 19.0 Å². The maximum atomic E-state index is 11.6. The fraction of sp³-hybridized carbons (Fsp3) is 0.625. The lowest BCUT2D eigenvalue weighted by Gasteiger charge is -2.33. The number of hydrogen-bond donors (Lipinski definition) is 2. The monoisotopic (exact) mass is 337 g/mol. The summed E-state index contributed by atoms with van der Waals surface area (Å²) < 4.78 is 0. The molecule has 1 aromatic rings. The van der Waals surface area contributed by atoms with E-state index in [4.69, 9.17) is 0 Å². The van der Waals surface area contributed by atoms with Crippen LogP contribution in [0.2, 0.25) is 0 Å². The van der Waals surface area contributed by atoms with Gasteiger partial charge < -0.3 is 20.4 Å². The summed E-state index contributed by atoms with van der Waals surface area (Å²) in [6, 6.07) is 4.72. The molecule has 23 heavy (non-hydrogen) atoms. The van der Waals surface area contributed by atoms with Crippen LogP contribution in [-0.4, -0.2) is 63.6 Å². The van der Waals surface area contributed by atoms with E-state index in [-0.39, 0.29) is 5.91 Å². The molecule has 0 bridgehead atoms. The molecule has 2 rings (SSSR count). The van der Waals surface area contributed by atoms with Crippen molar-refractivity contribution in [2.24, 2.45) is 4.99 Å². The first-order valence-corrected chi connectivity index (χ1v) is 8.94. The van der Waals surface area contributed by atoms with Crippen LogP contribution in [0.3, 0.4) is 0 Å². The van der Waals surface area contributed by atoms with Crippen LogP contribution in [0.25, 0.3) is 0 Å². The number of hydrogen-bond acceptors (Lipinski definition) is 4. The van der Waals surface area contributed by atoms with Gasteiger partial charge in [0.05, 0.1) is 5.00 Å². The molecule has 1 aliphatic rings. The van der Waals surface area contributed by atoms with E-state index < -0.39 is 0 Å². The highest BCUT2D eigenvalue weighted by Crippen LogP contribution is 2.24. The normalized spacial score (nSPS) is 16.3. The van der Waals surface area contributed by atoms with E-state index in [1.54, 1.807) is 37.4 Å². The Hall–Kier alpha value is -1.76. The lowest BCUT2D eigenvalue weighted by molar-refractivity contribution is -0.128. The molecule has 0 radical (unpaired) electrons. The van der Waals surface area contributed by atoms with Crippen LogP contribution in [-0.2, 0) is 4.79 Å². The van der Waals surface area contributed by atoms with Gasteiger partial charge in [-0.05, 0) is 30.4 Å². The number of piperidine rings is 1. The summed E-state index contributed by atoms with van der Waals surface area (Å²) in [7, 11) is 5.32. The Balaban J connectivity index is 1.70. The SMILES string of the molecule is CN=C(NCCC(=O)N(C)C)NC1CCN(c2cccs2)CC1. The zero-order valence-corrected chi connectivity index (χ0v) is 15.0. The van der Waals surface area contributed by atoms with Crippen LogP contribution >= 0.6 is 11.3 Å². The molecule has 0 aromatic carbocycles. The molecule has 0 saturated carbocycles. The van der Waals surface area contributed by atoms with Crippen molar-refractivity contribution in [3.05, 3.63) is 17.5 Å². The summed E-state index contributed by atoms with van der Waals surface area (Å²) in [5, 5.41) is 10.2. The third-order valence-corrected chi connectivity index (χ3v) is 4.94. The van der Waals surface area contributed by atoms with Crippen molar-refractivity contribution in [3.8, 4) is 0 Å². The minimum absolute atomic E-state index is 0.122. The fourth-order valence-corrected chi connectivity index (χ4v) is 3.38. The van der Waals surface area contributed by atoms with Gasteiger partial charge in [-0.1, -0.05) is 0 Å². The zero-order chi connectivity index (χ0) is 16.7. The highest BCUT2D eigenvalue weighted by Gasteiger charge is 2.20. The molecule has 1 saturated heterocycles. The van der Waals surface area contributed by atoms with Gasteiger partial charge in [0.1, 0.15) is 0 Å². The Morgan fingerprint density at radius 1 is 1.43 bits per heavy atom. The van der Waals surface area contributed by atoms with Gasteiger partial charge >= 0.3 is 0 Å². The minimum Gasteiger partial charge on any atom is -0.363 e. The van der Waals surface area contributed by atoms with Gasteiger partial charge in [0.2, 0.25) is 5.91 Å². The number of aliphatic imine (C=N–C) groups is 1. The summed E-state index contributed by atoms with van der Waals surface area (Å²) in [6.45, 7) is 2.73. The van der Waals surface area contributed by atoms with Gasteiger partial charge in [-0.2, -0.15) is 0 Å². The minimum atomic E-state index is 0.122. The number of carbonyl (C=O) groups excluding carboxylic acids is 1. The number of nitrogens with zero attached hydrogens (tertiary/aromatic N) is 3. The van der Waals surface area contributed by atoms with Gasteiger partial charge in [-0.3, -0.25) is 9.79 Å². The molecule has 1 fully saturated rings. The fourth-order valence-electron chi connectivity index (χ4n) is 2.59. The number of thiophene rings is 1. The number of nitrogens with one attached hydrogen (secondary N) is 2. The van der Waals surface area contributed by atoms with Crippen LogP contribution in [0.5, 0.6) is 0 Å². The van der Waals surface area contributed by atoms with Crippen LogP contribution in [0.1, 0.15) is 19.3 Å². The first-order valence-electron chi connectivity index (χ1n) is 8.06. The van der Waals surface area contributed by atoms with E-state index in [0.717, 1.165) is 31.9 Å². The molecule has 7 heteroatoms. The Labute approximate surface area is 142 Å². The Bertz CT molecular complexity index is 507. The molecule has 1 amide bonds. The highest BCUT2D eigenvalue weighted by atomic mass is 32.1. The smallest absolute Gasteiger partial charge is 0.223 e. The molecule has 2 N–H and O–H groups in total. The topological polar surface area (TPSA) is 60.0 Å². The van der Waals surface area contributed by atoms with Gasteiger partial charge in [0.15, 0.2) is 5.96 Å². The van der Waals surface area contributed by atoms with Gasteiger partial charge in [0.25, 0.3) is 0 Å². The summed E-state index contributed by atoms with van der Waals surface area (Å²) in [4.78, 5) is 19.9.